The number of ether oxygens (including phenoxy) is 5. The zero-order valence-corrected chi connectivity index (χ0v) is 52.0. The molecule has 87 heavy (non-hydrogen) atoms. The number of alkyl carbamates (subject to hydrolysis) is 1. The predicted octanol–water partition coefficient (Wildman–Crippen LogP) is 5.02. The van der Waals surface area contributed by atoms with Gasteiger partial charge in [-0.25, -0.2) is 27.5 Å². The standard InChI is InChI=1S/C62H81N9O15S/c1-37-32-49(82-10)38(2)39(3)52(37)87(80,81)70-57(63)64-29-19-26-46(66-50(72)35-65-58(78)84-36-45-43-24-17-15-22-41(43)42-23-16-18-25-44(42)45)54(75)69-62(27-30-71(31-28-62)59(79)86-61(7,8)9)56(77)68-47(33-40-20-13-12-14-21-40)53(74)67-48(55(76)83-11)34-51(73)85-60(4,5)6/h12-18,20-25,32,45-48H,19,26-31,33-36H2,1-11H3,(H,65,78)(H,66,72)(H,67,74)(H,68,77)(H,69,75)(H3,63,64,70)/t46-,47-,48-/m0/s1. The maximum atomic E-state index is 15.2. The number of carbonyl (C=O) groups is 8. The number of hydrogen-bond donors (Lipinski definition) is 7. The molecule has 1 aliphatic heterocycles. The van der Waals surface area contributed by atoms with E-state index in [1.54, 1.807) is 98.7 Å². The average molecular weight is 1220 g/mol. The van der Waals surface area contributed by atoms with E-state index < -0.39 is 112 Å². The van der Waals surface area contributed by atoms with Gasteiger partial charge in [0.1, 0.15) is 53.8 Å². The van der Waals surface area contributed by atoms with Crippen LogP contribution in [0.2, 0.25) is 0 Å². The maximum Gasteiger partial charge on any atom is 0.410 e. The smallest absolute Gasteiger partial charge is 0.410 e. The molecule has 6 amide bonds. The zero-order chi connectivity index (χ0) is 64.0. The number of piperidine rings is 1. The van der Waals surface area contributed by atoms with Crippen molar-refractivity contribution < 1.29 is 70.5 Å². The largest absolute Gasteiger partial charge is 0.496 e. The number of nitrogens with zero attached hydrogens (tertiary/aromatic N) is 2. The van der Waals surface area contributed by atoms with Gasteiger partial charge in [-0.3, -0.25) is 29.0 Å². The number of fused-ring (bicyclic) bond motifs is 3. The van der Waals surface area contributed by atoms with Crippen LogP contribution in [0, 0.1) is 20.8 Å². The quantitative estimate of drug-likeness (QED) is 0.0169. The van der Waals surface area contributed by atoms with Crippen LogP contribution in [0.4, 0.5) is 9.59 Å². The highest BCUT2D eigenvalue weighted by Gasteiger charge is 2.47. The molecule has 0 unspecified atom stereocenters. The third-order valence-electron chi connectivity index (χ3n) is 14.6. The second-order valence-corrected chi connectivity index (χ2v) is 25.0. The van der Waals surface area contributed by atoms with Crippen molar-refractivity contribution in [3.8, 4) is 16.9 Å². The van der Waals surface area contributed by atoms with Crippen LogP contribution in [0.25, 0.3) is 11.1 Å². The van der Waals surface area contributed by atoms with E-state index in [0.29, 0.717) is 28.0 Å². The Hall–Kier alpha value is -8.74. The van der Waals surface area contributed by atoms with Crippen molar-refractivity contribution in [3.63, 3.8) is 0 Å². The Kier molecular flexibility index (Phi) is 22.5. The Labute approximate surface area is 507 Å². The molecule has 3 atom stereocenters. The van der Waals surface area contributed by atoms with Crippen LogP contribution < -0.4 is 41.8 Å². The highest BCUT2D eigenvalue weighted by Crippen LogP contribution is 2.44. The van der Waals surface area contributed by atoms with E-state index in [1.165, 1.54) is 12.0 Å². The second kappa shape index (κ2) is 29.1. The molecule has 8 N–H and O–H groups in total. The first-order valence-electron chi connectivity index (χ1n) is 28.5. The lowest BCUT2D eigenvalue weighted by molar-refractivity contribution is -0.159. The summed E-state index contributed by atoms with van der Waals surface area (Å²) >= 11 is 0. The molecule has 25 heteroatoms. The minimum absolute atomic E-state index is 0.0180. The van der Waals surface area contributed by atoms with Gasteiger partial charge in [-0.1, -0.05) is 78.9 Å². The molecule has 470 valence electrons. The Morgan fingerprint density at radius 1 is 0.747 bits per heavy atom. The molecule has 0 spiro atoms. The van der Waals surface area contributed by atoms with Crippen LogP contribution in [0.15, 0.2) is 94.8 Å². The Morgan fingerprint density at radius 2 is 1.34 bits per heavy atom. The Bertz CT molecular complexity index is 3290. The zero-order valence-electron chi connectivity index (χ0n) is 51.2. The van der Waals surface area contributed by atoms with Crippen LogP contribution in [0.1, 0.15) is 113 Å². The summed E-state index contributed by atoms with van der Waals surface area (Å²) in [6.45, 7) is 13.7. The van der Waals surface area contributed by atoms with E-state index in [4.69, 9.17) is 29.4 Å². The number of aryl methyl sites for hydroxylation is 1. The predicted molar refractivity (Wildman–Crippen MR) is 323 cm³/mol. The van der Waals surface area contributed by atoms with E-state index in [0.717, 1.165) is 29.4 Å². The number of methoxy groups -OCH3 is 2. The van der Waals surface area contributed by atoms with Gasteiger partial charge >= 0.3 is 24.1 Å². The molecule has 0 aromatic heterocycles. The minimum atomic E-state index is -4.27. The SMILES string of the molecule is COC(=O)[C@H](CC(=O)OC(C)(C)C)NC(=O)[C@H](Cc1ccccc1)NC(=O)C1(NC(=O)[C@H](CCCN=C(N)NS(=O)(=O)c2c(C)cc(OC)c(C)c2C)NC(=O)CNC(=O)OCC2c3ccccc3-c3ccccc32)CCN(C(=O)OC(C)(C)C)CC1. The first kappa shape index (κ1) is 67.4. The molecule has 0 bridgehead atoms. The van der Waals surface area contributed by atoms with Crippen molar-refractivity contribution in [1.29, 1.82) is 0 Å². The van der Waals surface area contributed by atoms with Crippen molar-refractivity contribution in [3.05, 3.63) is 118 Å². The maximum absolute atomic E-state index is 15.2. The summed E-state index contributed by atoms with van der Waals surface area (Å²) in [4.78, 5) is 117. The molecule has 1 aliphatic carbocycles. The monoisotopic (exact) mass is 1220 g/mol. The van der Waals surface area contributed by atoms with Gasteiger partial charge < -0.3 is 60.9 Å². The van der Waals surface area contributed by atoms with Crippen molar-refractivity contribution in [2.75, 3.05) is 47.0 Å². The molecule has 1 heterocycles. The van der Waals surface area contributed by atoms with Crippen LogP contribution in [0.5, 0.6) is 5.75 Å². The summed E-state index contributed by atoms with van der Waals surface area (Å²) in [7, 11) is -1.71. The molecule has 0 radical (unpaired) electrons. The highest BCUT2D eigenvalue weighted by molar-refractivity contribution is 7.90. The average Bonchev–Trinajstić information content (AvgIpc) is 1.88. The Balaban J connectivity index is 1.26. The third-order valence-corrected chi connectivity index (χ3v) is 16.2. The Morgan fingerprint density at radius 3 is 1.93 bits per heavy atom. The lowest BCUT2D eigenvalue weighted by Gasteiger charge is -2.42. The summed E-state index contributed by atoms with van der Waals surface area (Å²) in [5.74, 6) is -5.57. The number of nitrogens with one attached hydrogen (secondary N) is 6. The lowest BCUT2D eigenvalue weighted by Crippen LogP contribution is -2.68. The summed E-state index contributed by atoms with van der Waals surface area (Å²) in [6.07, 6.45) is -3.09. The lowest BCUT2D eigenvalue weighted by atomic mass is 9.85. The number of amides is 6. The van der Waals surface area contributed by atoms with Gasteiger partial charge in [-0.05, 0) is 139 Å². The number of carbonyl (C=O) groups excluding carboxylic acids is 8. The number of sulfonamides is 1. The fourth-order valence-corrected chi connectivity index (χ4v) is 11.8. The molecular weight excluding hydrogens is 1140 g/mol. The van der Waals surface area contributed by atoms with Gasteiger partial charge in [0.05, 0.1) is 25.5 Å². The number of rotatable bonds is 23. The van der Waals surface area contributed by atoms with Gasteiger partial charge in [-0.2, -0.15) is 0 Å². The van der Waals surface area contributed by atoms with Crippen LogP contribution in [-0.2, 0) is 64.2 Å². The summed E-state index contributed by atoms with van der Waals surface area (Å²) in [5.41, 5.74) is 8.39. The molecule has 4 aromatic carbocycles. The third kappa shape index (κ3) is 18.4. The first-order valence-corrected chi connectivity index (χ1v) is 30.0. The summed E-state index contributed by atoms with van der Waals surface area (Å²) < 4.78 is 56.7. The number of hydrogen-bond acceptors (Lipinski definition) is 16. The van der Waals surface area contributed by atoms with Gasteiger partial charge in [0.25, 0.3) is 10.0 Å². The highest BCUT2D eigenvalue weighted by atomic mass is 32.2. The van der Waals surface area contributed by atoms with E-state index in [9.17, 15) is 42.0 Å². The van der Waals surface area contributed by atoms with Gasteiger partial charge in [0.2, 0.25) is 29.6 Å². The molecule has 6 rings (SSSR count). The number of esters is 2. The normalized spacial score (nSPS) is 15.0. The number of guanidine groups is 1. The van der Waals surface area contributed by atoms with Crippen LogP contribution in [-0.4, -0.2) is 149 Å². The minimum Gasteiger partial charge on any atom is -0.496 e. The van der Waals surface area contributed by atoms with Crippen molar-refractivity contribution in [2.45, 2.75) is 147 Å². The van der Waals surface area contributed by atoms with Crippen LogP contribution in [0.3, 0.4) is 0 Å². The number of aliphatic imine (C=N–C) groups is 1. The fraction of sp³-hybridized carbons (Fsp3) is 0.468. The number of nitrogens with two attached hydrogens (primary N) is 1. The molecule has 2 aliphatic rings. The van der Waals surface area contributed by atoms with Crippen LogP contribution >= 0.6 is 0 Å². The molecule has 1 saturated heterocycles. The molecule has 4 aromatic rings. The number of benzene rings is 4. The van der Waals surface area contributed by atoms with Gasteiger partial charge in [-0.15, -0.1) is 0 Å². The summed E-state index contributed by atoms with van der Waals surface area (Å²) in [6, 6.07) is 21.2. The topological polar surface area (TPSA) is 331 Å². The van der Waals surface area contributed by atoms with E-state index in [1.807, 2.05) is 48.5 Å². The first-order chi connectivity index (χ1) is 40.9. The van der Waals surface area contributed by atoms with Gasteiger partial charge in [0.15, 0.2) is 0 Å². The summed E-state index contributed by atoms with van der Waals surface area (Å²) in [5, 5.41) is 13.2. The van der Waals surface area contributed by atoms with Crippen molar-refractivity contribution in [2.24, 2.45) is 10.7 Å². The van der Waals surface area contributed by atoms with E-state index in [2.05, 4.69) is 36.3 Å². The molecule has 0 saturated carbocycles. The van der Waals surface area contributed by atoms with Crippen molar-refractivity contribution >= 4 is 63.7 Å². The second-order valence-electron chi connectivity index (χ2n) is 23.4. The van der Waals surface area contributed by atoms with E-state index >= 15 is 4.79 Å². The number of likely N-dealkylation sites (tertiary alicyclic amines) is 1. The molecule has 24 nitrogen and oxygen atoms in total. The van der Waals surface area contributed by atoms with E-state index in [-0.39, 0.29) is 69.2 Å². The molecule has 1 fully saturated rings. The van der Waals surface area contributed by atoms with Gasteiger partial charge in [0, 0.05) is 32.0 Å². The fourth-order valence-electron chi connectivity index (χ4n) is 10.3. The van der Waals surface area contributed by atoms with Crippen molar-refractivity contribution in [1.82, 2.24) is 36.2 Å². The molecular formula is C62H81N9O15S.